The van der Waals surface area contributed by atoms with Gasteiger partial charge in [-0.2, -0.15) is 9.61 Å². The molecule has 0 saturated carbocycles. The van der Waals surface area contributed by atoms with Crippen LogP contribution in [0.4, 0.5) is 5.69 Å². The quantitative estimate of drug-likeness (QED) is 0.401. The van der Waals surface area contributed by atoms with Crippen LogP contribution < -0.4 is 10.5 Å². The Balaban J connectivity index is 1.36. The largest absolute Gasteiger partial charge is 0.322 e. The second kappa shape index (κ2) is 8.46. The highest BCUT2D eigenvalue weighted by atomic mass is 32.2. The Morgan fingerprint density at radius 1 is 0.824 bits per heavy atom. The van der Waals surface area contributed by atoms with Gasteiger partial charge in [-0.1, -0.05) is 12.1 Å². The molecule has 10 nitrogen and oxygen atoms in total. The molecule has 11 heteroatoms. The highest BCUT2D eigenvalue weighted by molar-refractivity contribution is 7.89. The molecular weight excluding hydrogens is 454 g/mol. The summed E-state index contributed by atoms with van der Waals surface area (Å²) in [6.45, 7) is 0. The lowest BCUT2D eigenvalue weighted by Gasteiger charge is -2.08. The summed E-state index contributed by atoms with van der Waals surface area (Å²) in [4.78, 5) is 16.5. The van der Waals surface area contributed by atoms with Crippen LogP contribution in [0.25, 0.3) is 28.3 Å². The van der Waals surface area contributed by atoms with Crippen molar-refractivity contribution in [1.82, 2.24) is 24.8 Å². The van der Waals surface area contributed by atoms with Crippen LogP contribution in [0.15, 0.2) is 90.1 Å². The number of aromatic nitrogens is 5. The Hall–Kier alpha value is -4.48. The van der Waals surface area contributed by atoms with Gasteiger partial charge in [0.25, 0.3) is 5.91 Å². The summed E-state index contributed by atoms with van der Waals surface area (Å²) in [5, 5.41) is 20.9. The molecule has 0 radical (unpaired) electrons. The summed E-state index contributed by atoms with van der Waals surface area (Å²) in [7, 11) is -3.81. The zero-order chi connectivity index (χ0) is 23.7. The van der Waals surface area contributed by atoms with E-state index in [0.717, 1.165) is 11.1 Å². The van der Waals surface area contributed by atoms with Gasteiger partial charge in [0.2, 0.25) is 10.0 Å². The molecule has 0 fully saturated rings. The van der Waals surface area contributed by atoms with Crippen molar-refractivity contribution in [3.05, 3.63) is 90.8 Å². The molecular formula is C23H17N7O3S. The zero-order valence-corrected chi connectivity index (χ0v) is 18.3. The fourth-order valence-corrected chi connectivity index (χ4v) is 3.86. The van der Waals surface area contributed by atoms with Crippen molar-refractivity contribution in [2.45, 2.75) is 4.90 Å². The van der Waals surface area contributed by atoms with Gasteiger partial charge in [-0.25, -0.2) is 13.6 Å². The number of anilines is 1. The van der Waals surface area contributed by atoms with Crippen LogP contribution in [-0.2, 0) is 10.0 Å². The van der Waals surface area contributed by atoms with E-state index in [1.165, 1.54) is 24.3 Å². The highest BCUT2D eigenvalue weighted by Crippen LogP contribution is 2.23. The molecule has 0 spiro atoms. The molecule has 168 valence electrons. The van der Waals surface area contributed by atoms with Crippen LogP contribution in [0.5, 0.6) is 0 Å². The Morgan fingerprint density at radius 2 is 1.53 bits per heavy atom. The van der Waals surface area contributed by atoms with Gasteiger partial charge in [-0.15, -0.1) is 10.2 Å². The molecule has 3 heterocycles. The van der Waals surface area contributed by atoms with E-state index >= 15 is 0 Å². The lowest BCUT2D eigenvalue weighted by molar-refractivity contribution is 0.102. The van der Waals surface area contributed by atoms with E-state index in [4.69, 9.17) is 5.14 Å². The summed E-state index contributed by atoms with van der Waals surface area (Å²) in [6, 6.07) is 19.9. The van der Waals surface area contributed by atoms with Crippen molar-refractivity contribution >= 4 is 27.3 Å². The SMILES string of the molecule is NS(=O)(=O)c1ccc(C(=O)Nc2ccc(-c3ccc4nnc(-c5ccncc5)n4n3)cc2)cc1. The number of carbonyl (C=O) groups excluding carboxylic acids is 1. The smallest absolute Gasteiger partial charge is 0.255 e. The molecule has 0 aliphatic carbocycles. The van der Waals surface area contributed by atoms with Gasteiger partial charge in [0.1, 0.15) is 0 Å². The van der Waals surface area contributed by atoms with Gasteiger partial charge in [-0.05, 0) is 60.7 Å². The molecule has 0 aliphatic rings. The van der Waals surface area contributed by atoms with Gasteiger partial charge < -0.3 is 5.32 Å². The Kier molecular flexibility index (Phi) is 5.32. The first-order valence-electron chi connectivity index (χ1n) is 10.1. The number of nitrogens with two attached hydrogens (primary N) is 1. The average molecular weight is 472 g/mol. The molecule has 0 unspecified atom stereocenters. The minimum Gasteiger partial charge on any atom is -0.322 e. The van der Waals surface area contributed by atoms with Crippen LogP contribution in [0.3, 0.4) is 0 Å². The molecule has 2 aromatic carbocycles. The maximum Gasteiger partial charge on any atom is 0.255 e. The van der Waals surface area contributed by atoms with E-state index in [0.29, 0.717) is 28.4 Å². The molecule has 3 N–H and O–H groups in total. The van der Waals surface area contributed by atoms with E-state index in [2.05, 4.69) is 25.6 Å². The van der Waals surface area contributed by atoms with E-state index < -0.39 is 10.0 Å². The zero-order valence-electron chi connectivity index (χ0n) is 17.5. The summed E-state index contributed by atoms with van der Waals surface area (Å²) in [6.07, 6.45) is 3.36. The normalized spacial score (nSPS) is 11.4. The predicted octanol–water partition coefficient (Wildman–Crippen LogP) is 2.75. The number of sulfonamides is 1. The van der Waals surface area contributed by atoms with Crippen molar-refractivity contribution < 1.29 is 13.2 Å². The molecule has 5 rings (SSSR count). The van der Waals surface area contributed by atoms with Crippen LogP contribution in [0.1, 0.15) is 10.4 Å². The fourth-order valence-electron chi connectivity index (χ4n) is 3.35. The third kappa shape index (κ3) is 4.25. The topological polar surface area (TPSA) is 145 Å². The summed E-state index contributed by atoms with van der Waals surface area (Å²) in [5.41, 5.74) is 3.90. The van der Waals surface area contributed by atoms with Crippen LogP contribution in [0, 0.1) is 0 Å². The van der Waals surface area contributed by atoms with Gasteiger partial charge in [0.15, 0.2) is 11.5 Å². The number of benzene rings is 2. The summed E-state index contributed by atoms with van der Waals surface area (Å²) in [5.74, 6) is 0.233. The van der Waals surface area contributed by atoms with Crippen molar-refractivity contribution in [2.75, 3.05) is 5.32 Å². The number of nitrogens with zero attached hydrogens (tertiary/aromatic N) is 5. The third-order valence-corrected chi connectivity index (χ3v) is 6.01. The number of nitrogens with one attached hydrogen (secondary N) is 1. The van der Waals surface area contributed by atoms with Crippen molar-refractivity contribution in [3.8, 4) is 22.6 Å². The Morgan fingerprint density at radius 3 is 2.21 bits per heavy atom. The molecule has 0 atom stereocenters. The monoisotopic (exact) mass is 471 g/mol. The van der Waals surface area contributed by atoms with Crippen molar-refractivity contribution in [3.63, 3.8) is 0 Å². The first kappa shape index (κ1) is 21.4. The molecule has 3 aromatic heterocycles. The van der Waals surface area contributed by atoms with Gasteiger partial charge >= 0.3 is 0 Å². The van der Waals surface area contributed by atoms with Gasteiger partial charge in [-0.3, -0.25) is 9.78 Å². The second-order valence-electron chi connectivity index (χ2n) is 7.35. The van der Waals surface area contributed by atoms with E-state index in [1.807, 2.05) is 36.4 Å². The van der Waals surface area contributed by atoms with Crippen molar-refractivity contribution in [1.29, 1.82) is 0 Å². The van der Waals surface area contributed by atoms with Crippen LogP contribution in [-0.4, -0.2) is 39.1 Å². The van der Waals surface area contributed by atoms with E-state index in [1.54, 1.807) is 29.0 Å². The molecule has 0 saturated heterocycles. The number of pyridine rings is 1. The number of fused-ring (bicyclic) bond motifs is 1. The minimum absolute atomic E-state index is 0.0574. The number of carbonyl (C=O) groups is 1. The number of amides is 1. The number of primary sulfonamides is 1. The maximum absolute atomic E-state index is 12.5. The van der Waals surface area contributed by atoms with Crippen molar-refractivity contribution in [2.24, 2.45) is 5.14 Å². The van der Waals surface area contributed by atoms with Gasteiger partial charge in [0, 0.05) is 34.8 Å². The minimum atomic E-state index is -3.81. The van der Waals surface area contributed by atoms with Crippen LogP contribution in [0.2, 0.25) is 0 Å². The first-order valence-corrected chi connectivity index (χ1v) is 11.6. The molecule has 1 amide bonds. The number of hydrogen-bond acceptors (Lipinski definition) is 7. The van der Waals surface area contributed by atoms with E-state index in [-0.39, 0.29) is 10.8 Å². The molecule has 0 aliphatic heterocycles. The van der Waals surface area contributed by atoms with E-state index in [9.17, 15) is 13.2 Å². The fraction of sp³-hybridized carbons (Fsp3) is 0. The lowest BCUT2D eigenvalue weighted by Crippen LogP contribution is -2.14. The molecule has 5 aromatic rings. The molecule has 34 heavy (non-hydrogen) atoms. The van der Waals surface area contributed by atoms with Crippen LogP contribution >= 0.6 is 0 Å². The number of rotatable bonds is 5. The highest BCUT2D eigenvalue weighted by Gasteiger charge is 2.12. The summed E-state index contributed by atoms with van der Waals surface area (Å²) >= 11 is 0. The molecule has 0 bridgehead atoms. The average Bonchev–Trinajstić information content (AvgIpc) is 3.28. The van der Waals surface area contributed by atoms with Gasteiger partial charge in [0.05, 0.1) is 10.6 Å². The first-order chi connectivity index (χ1) is 16.4. The maximum atomic E-state index is 12.5. The lowest BCUT2D eigenvalue weighted by atomic mass is 10.1. The predicted molar refractivity (Wildman–Crippen MR) is 125 cm³/mol. The second-order valence-corrected chi connectivity index (χ2v) is 8.91. The standard InChI is InChI=1S/C23H17N7O3S/c24-34(32,33)19-7-3-17(4-8-19)23(31)26-18-5-1-15(2-6-18)20-9-10-21-27-28-22(30(21)29-20)16-11-13-25-14-12-16/h1-14H,(H,26,31)(H2,24,32,33). The number of hydrogen-bond donors (Lipinski definition) is 2. The summed E-state index contributed by atoms with van der Waals surface area (Å²) < 4.78 is 24.4. The Bertz CT molecular complexity index is 1600. The Labute approximate surface area is 194 Å². The third-order valence-electron chi connectivity index (χ3n) is 5.08.